The van der Waals surface area contributed by atoms with Gasteiger partial charge >= 0.3 is 0 Å². The van der Waals surface area contributed by atoms with Crippen molar-refractivity contribution < 1.29 is 8.42 Å². The summed E-state index contributed by atoms with van der Waals surface area (Å²) in [5, 5.41) is 0. The molecule has 1 aromatic heterocycles. The zero-order valence-electron chi connectivity index (χ0n) is 10.3. The monoisotopic (exact) mass is 258 g/mol. The van der Waals surface area contributed by atoms with E-state index in [4.69, 9.17) is 0 Å². The smallest absolute Gasteiger partial charge is 0.268 e. The molecule has 0 saturated heterocycles. The molecule has 5 nitrogen and oxygen atoms in total. The first-order valence-electron chi connectivity index (χ1n) is 5.46. The number of nitrogens with one attached hydrogen (secondary N) is 2. The van der Waals surface area contributed by atoms with Gasteiger partial charge in [-0.1, -0.05) is 20.8 Å². The van der Waals surface area contributed by atoms with Crippen LogP contribution in [0.2, 0.25) is 0 Å². The highest BCUT2D eigenvalue weighted by Gasteiger charge is 2.22. The summed E-state index contributed by atoms with van der Waals surface area (Å²) in [4.78, 5) is 13.5. The van der Waals surface area contributed by atoms with E-state index in [1.807, 2.05) is 20.8 Å². The van der Waals surface area contributed by atoms with Gasteiger partial charge < -0.3 is 4.98 Å². The quantitative estimate of drug-likeness (QED) is 0.829. The number of aromatic amines is 1. The Morgan fingerprint density at radius 3 is 2.59 bits per heavy atom. The van der Waals surface area contributed by atoms with Crippen LogP contribution in [-0.4, -0.2) is 19.9 Å². The third-order valence-corrected chi connectivity index (χ3v) is 4.19. The van der Waals surface area contributed by atoms with Gasteiger partial charge in [0.1, 0.15) is 4.90 Å². The zero-order valence-corrected chi connectivity index (χ0v) is 11.1. The lowest BCUT2D eigenvalue weighted by molar-refractivity contribution is 0.350. The Kier molecular flexibility index (Phi) is 4.11. The third kappa shape index (κ3) is 3.67. The van der Waals surface area contributed by atoms with Crippen molar-refractivity contribution in [3.05, 3.63) is 28.7 Å². The van der Waals surface area contributed by atoms with Crippen molar-refractivity contribution >= 4 is 10.0 Å². The highest BCUT2D eigenvalue weighted by atomic mass is 32.2. The molecule has 0 aliphatic carbocycles. The Hall–Kier alpha value is -1.14. The normalized spacial score (nSPS) is 12.6. The topological polar surface area (TPSA) is 79.0 Å². The second-order valence-corrected chi connectivity index (χ2v) is 6.44. The van der Waals surface area contributed by atoms with Crippen LogP contribution in [0, 0.1) is 5.41 Å². The fraction of sp³-hybridized carbons (Fsp3) is 0.545. The Labute approximate surface area is 101 Å². The summed E-state index contributed by atoms with van der Waals surface area (Å²) in [6.07, 6.45) is 2.25. The van der Waals surface area contributed by atoms with Crippen molar-refractivity contribution in [2.75, 3.05) is 6.54 Å². The molecule has 0 atom stereocenters. The summed E-state index contributed by atoms with van der Waals surface area (Å²) in [5.74, 6) is 0. The van der Waals surface area contributed by atoms with Crippen LogP contribution in [0.25, 0.3) is 0 Å². The van der Waals surface area contributed by atoms with Crippen molar-refractivity contribution in [2.45, 2.75) is 32.1 Å². The standard InChI is InChI=1S/C11H18N2O3S/c1-4-11(2,3)8-13-17(15,16)9-6-5-7-12-10(9)14/h5-7,13H,4,8H2,1-3H3,(H,12,14). The van der Waals surface area contributed by atoms with Gasteiger partial charge in [0.2, 0.25) is 10.0 Å². The predicted octanol–water partition coefficient (Wildman–Crippen LogP) is 1.09. The first-order valence-corrected chi connectivity index (χ1v) is 6.94. The first-order chi connectivity index (χ1) is 7.78. The molecule has 0 saturated carbocycles. The summed E-state index contributed by atoms with van der Waals surface area (Å²) in [6.45, 7) is 6.22. The Morgan fingerprint density at radius 2 is 2.06 bits per heavy atom. The SMILES string of the molecule is CCC(C)(C)CNS(=O)(=O)c1ccc[nH]c1=O. The minimum atomic E-state index is -3.73. The number of sulfonamides is 1. The Bertz CT molecular complexity index is 532. The fourth-order valence-corrected chi connectivity index (χ4v) is 2.41. The van der Waals surface area contributed by atoms with E-state index in [0.717, 1.165) is 6.42 Å². The molecular weight excluding hydrogens is 240 g/mol. The van der Waals surface area contributed by atoms with E-state index in [-0.39, 0.29) is 10.3 Å². The molecule has 0 radical (unpaired) electrons. The zero-order chi connectivity index (χ0) is 13.1. The summed E-state index contributed by atoms with van der Waals surface area (Å²) < 4.78 is 26.2. The predicted molar refractivity (Wildman–Crippen MR) is 66.3 cm³/mol. The molecule has 1 rings (SSSR count). The molecule has 1 aromatic rings. The first kappa shape index (κ1) is 13.9. The van der Waals surface area contributed by atoms with Crippen LogP contribution in [0.15, 0.2) is 28.0 Å². The van der Waals surface area contributed by atoms with Crippen LogP contribution in [0.4, 0.5) is 0 Å². The number of rotatable bonds is 5. The third-order valence-electron chi connectivity index (χ3n) is 2.77. The Balaban J connectivity index is 2.92. The molecule has 0 aliphatic heterocycles. The molecule has 6 heteroatoms. The molecule has 0 aliphatic rings. The van der Waals surface area contributed by atoms with Gasteiger partial charge in [0.25, 0.3) is 5.56 Å². The molecule has 1 heterocycles. The van der Waals surface area contributed by atoms with Crippen molar-refractivity contribution in [1.29, 1.82) is 0 Å². The molecule has 0 amide bonds. The van der Waals surface area contributed by atoms with Gasteiger partial charge in [-0.15, -0.1) is 0 Å². The van der Waals surface area contributed by atoms with Gasteiger partial charge in [0, 0.05) is 12.7 Å². The fourth-order valence-electron chi connectivity index (χ4n) is 1.11. The van der Waals surface area contributed by atoms with Gasteiger partial charge in [-0.05, 0) is 24.0 Å². The lowest BCUT2D eigenvalue weighted by Gasteiger charge is -2.22. The lowest BCUT2D eigenvalue weighted by Crippen LogP contribution is -2.36. The van der Waals surface area contributed by atoms with Gasteiger partial charge in [0.15, 0.2) is 0 Å². The van der Waals surface area contributed by atoms with Gasteiger partial charge in [-0.2, -0.15) is 0 Å². The molecule has 0 fully saturated rings. The van der Waals surface area contributed by atoms with Crippen molar-refractivity contribution in [3.63, 3.8) is 0 Å². The Morgan fingerprint density at radius 1 is 1.41 bits per heavy atom. The van der Waals surface area contributed by atoms with Crippen LogP contribution in [0.3, 0.4) is 0 Å². The highest BCUT2D eigenvalue weighted by Crippen LogP contribution is 2.18. The van der Waals surface area contributed by atoms with Gasteiger partial charge in [-0.25, -0.2) is 13.1 Å². The van der Waals surface area contributed by atoms with E-state index in [2.05, 4.69) is 9.71 Å². The average Bonchev–Trinajstić information content (AvgIpc) is 2.27. The van der Waals surface area contributed by atoms with Crippen LogP contribution in [0.1, 0.15) is 27.2 Å². The van der Waals surface area contributed by atoms with E-state index < -0.39 is 15.6 Å². The van der Waals surface area contributed by atoms with Crippen molar-refractivity contribution in [3.8, 4) is 0 Å². The maximum atomic E-state index is 11.9. The van der Waals surface area contributed by atoms with Crippen LogP contribution >= 0.6 is 0 Å². The average molecular weight is 258 g/mol. The second kappa shape index (κ2) is 5.01. The van der Waals surface area contributed by atoms with E-state index >= 15 is 0 Å². The minimum Gasteiger partial charge on any atom is -0.328 e. The van der Waals surface area contributed by atoms with Crippen LogP contribution in [0.5, 0.6) is 0 Å². The number of hydrogen-bond acceptors (Lipinski definition) is 3. The molecule has 0 spiro atoms. The van der Waals surface area contributed by atoms with Gasteiger partial charge in [-0.3, -0.25) is 4.79 Å². The molecule has 0 bridgehead atoms. The highest BCUT2D eigenvalue weighted by molar-refractivity contribution is 7.89. The largest absolute Gasteiger partial charge is 0.328 e. The van der Waals surface area contributed by atoms with Crippen molar-refractivity contribution in [2.24, 2.45) is 5.41 Å². The number of pyridine rings is 1. The van der Waals surface area contributed by atoms with E-state index in [1.54, 1.807) is 0 Å². The summed E-state index contributed by atoms with van der Waals surface area (Å²) in [6, 6.07) is 2.78. The second-order valence-electron chi connectivity index (χ2n) is 4.71. The maximum absolute atomic E-state index is 11.9. The number of aromatic nitrogens is 1. The van der Waals surface area contributed by atoms with Crippen molar-refractivity contribution in [1.82, 2.24) is 9.71 Å². The maximum Gasteiger partial charge on any atom is 0.268 e. The number of hydrogen-bond donors (Lipinski definition) is 2. The summed E-state index contributed by atoms with van der Waals surface area (Å²) >= 11 is 0. The molecule has 0 unspecified atom stereocenters. The molecular formula is C11H18N2O3S. The van der Waals surface area contributed by atoms with E-state index in [1.165, 1.54) is 18.3 Å². The minimum absolute atomic E-state index is 0.130. The van der Waals surface area contributed by atoms with Gasteiger partial charge in [0.05, 0.1) is 0 Å². The summed E-state index contributed by atoms with van der Waals surface area (Å²) in [7, 11) is -3.73. The van der Waals surface area contributed by atoms with E-state index in [0.29, 0.717) is 6.54 Å². The molecule has 96 valence electrons. The van der Waals surface area contributed by atoms with E-state index in [9.17, 15) is 13.2 Å². The van der Waals surface area contributed by atoms with Crippen LogP contribution in [-0.2, 0) is 10.0 Å². The molecule has 17 heavy (non-hydrogen) atoms. The number of H-pyrrole nitrogens is 1. The van der Waals surface area contributed by atoms with Crippen LogP contribution < -0.4 is 10.3 Å². The molecule has 2 N–H and O–H groups in total. The summed E-state index contributed by atoms with van der Waals surface area (Å²) in [5.41, 5.74) is -0.733. The molecule has 0 aromatic carbocycles. The lowest BCUT2D eigenvalue weighted by atomic mass is 9.91.